The highest BCUT2D eigenvalue weighted by atomic mass is 79.9. The summed E-state index contributed by atoms with van der Waals surface area (Å²) in [5, 5.41) is 12.2. The molecule has 0 spiro atoms. The topological polar surface area (TPSA) is 36.7 Å². The third kappa shape index (κ3) is 2.55. The summed E-state index contributed by atoms with van der Waals surface area (Å²) in [5.74, 6) is 0. The monoisotopic (exact) mass is 340 g/mol. The molecule has 0 atom stereocenters. The third-order valence-electron chi connectivity index (χ3n) is 2.92. The molecule has 3 rings (SSSR count). The first-order valence-electron chi connectivity index (χ1n) is 5.99. The van der Waals surface area contributed by atoms with Crippen LogP contribution in [0.15, 0.2) is 69.1 Å². The summed E-state index contributed by atoms with van der Waals surface area (Å²) in [6.45, 7) is 0. The van der Waals surface area contributed by atoms with Gasteiger partial charge in [-0.15, -0.1) is 0 Å². The Labute approximate surface area is 129 Å². The number of nitrogens with zero attached hydrogens (tertiary/aromatic N) is 2. The number of hydrogen-bond acceptors (Lipinski definition) is 3. The summed E-state index contributed by atoms with van der Waals surface area (Å²) in [6.07, 6.45) is 1.79. The number of nitriles is 1. The van der Waals surface area contributed by atoms with E-state index in [2.05, 4.69) is 27.0 Å². The lowest BCUT2D eigenvalue weighted by Crippen LogP contribution is -1.84. The number of aromatic nitrogens is 1. The Morgan fingerprint density at radius 1 is 1.00 bits per heavy atom. The molecule has 0 aliphatic rings. The molecule has 4 heteroatoms. The summed E-state index contributed by atoms with van der Waals surface area (Å²) >= 11 is 4.99. The van der Waals surface area contributed by atoms with Crippen molar-refractivity contribution < 1.29 is 0 Å². The molecule has 1 heterocycles. The van der Waals surface area contributed by atoms with E-state index in [0.29, 0.717) is 5.56 Å². The first-order chi connectivity index (χ1) is 9.78. The molecule has 0 aliphatic heterocycles. The van der Waals surface area contributed by atoms with E-state index in [1.165, 1.54) is 0 Å². The zero-order valence-electron chi connectivity index (χ0n) is 10.4. The fourth-order valence-electron chi connectivity index (χ4n) is 1.99. The van der Waals surface area contributed by atoms with Gasteiger partial charge >= 0.3 is 0 Å². The van der Waals surface area contributed by atoms with Gasteiger partial charge in [0.1, 0.15) is 5.03 Å². The van der Waals surface area contributed by atoms with Crippen LogP contribution in [-0.2, 0) is 0 Å². The lowest BCUT2D eigenvalue weighted by molar-refractivity contribution is 1.12. The Hall–Kier alpha value is -1.83. The average molecular weight is 341 g/mol. The maximum Gasteiger partial charge on any atom is 0.101 e. The van der Waals surface area contributed by atoms with Gasteiger partial charge in [-0.1, -0.05) is 36.0 Å². The van der Waals surface area contributed by atoms with Gasteiger partial charge in [-0.25, -0.2) is 4.98 Å². The minimum atomic E-state index is 0.703. The van der Waals surface area contributed by atoms with Crippen molar-refractivity contribution in [2.24, 2.45) is 0 Å². The first-order valence-corrected chi connectivity index (χ1v) is 7.60. The molecule has 0 radical (unpaired) electrons. The van der Waals surface area contributed by atoms with Crippen LogP contribution in [0.4, 0.5) is 0 Å². The summed E-state index contributed by atoms with van der Waals surface area (Å²) in [5.41, 5.74) is 0.703. The molecule has 0 saturated heterocycles. The molecule has 2 aromatic carbocycles. The fourth-order valence-corrected chi connectivity index (χ4v) is 3.12. The summed E-state index contributed by atoms with van der Waals surface area (Å²) in [6, 6.07) is 18.0. The normalized spacial score (nSPS) is 10.4. The molecular formula is C16H9BrN2S. The van der Waals surface area contributed by atoms with E-state index in [9.17, 15) is 5.26 Å². The lowest BCUT2D eigenvalue weighted by atomic mass is 10.1. The standard InChI is InChI=1S/C16H9BrN2S/c17-12-6-8-16(19-10-12)20-15-7-5-11(9-18)13-3-1-2-4-14(13)15/h1-8,10H. The van der Waals surface area contributed by atoms with Crippen molar-refractivity contribution in [2.45, 2.75) is 9.92 Å². The number of benzene rings is 2. The van der Waals surface area contributed by atoms with Gasteiger partial charge in [-0.2, -0.15) is 5.26 Å². The second-order valence-corrected chi connectivity index (χ2v) is 6.16. The van der Waals surface area contributed by atoms with Gasteiger partial charge in [-0.3, -0.25) is 0 Å². The summed E-state index contributed by atoms with van der Waals surface area (Å²) < 4.78 is 0.964. The van der Waals surface area contributed by atoms with Crippen LogP contribution < -0.4 is 0 Å². The molecule has 20 heavy (non-hydrogen) atoms. The van der Waals surface area contributed by atoms with Crippen molar-refractivity contribution in [3.8, 4) is 6.07 Å². The molecule has 96 valence electrons. The van der Waals surface area contributed by atoms with Crippen molar-refractivity contribution in [3.63, 3.8) is 0 Å². The van der Waals surface area contributed by atoms with E-state index in [4.69, 9.17) is 0 Å². The van der Waals surface area contributed by atoms with Crippen LogP contribution in [0, 0.1) is 11.3 Å². The van der Waals surface area contributed by atoms with E-state index < -0.39 is 0 Å². The van der Waals surface area contributed by atoms with Gasteiger partial charge in [0.05, 0.1) is 11.6 Å². The predicted octanol–water partition coefficient (Wildman–Crippen LogP) is 5.02. The Kier molecular flexibility index (Phi) is 3.72. The van der Waals surface area contributed by atoms with Crippen molar-refractivity contribution >= 4 is 38.5 Å². The number of hydrogen-bond donors (Lipinski definition) is 0. The van der Waals surface area contributed by atoms with Crippen LogP contribution in [-0.4, -0.2) is 4.98 Å². The Morgan fingerprint density at radius 3 is 2.50 bits per heavy atom. The molecule has 1 aromatic heterocycles. The van der Waals surface area contributed by atoms with Crippen LogP contribution >= 0.6 is 27.7 Å². The number of fused-ring (bicyclic) bond motifs is 1. The minimum Gasteiger partial charge on any atom is -0.248 e. The summed E-state index contributed by atoms with van der Waals surface area (Å²) in [4.78, 5) is 5.48. The van der Waals surface area contributed by atoms with E-state index in [1.54, 1.807) is 18.0 Å². The smallest absolute Gasteiger partial charge is 0.101 e. The fraction of sp³-hybridized carbons (Fsp3) is 0. The van der Waals surface area contributed by atoms with Crippen LogP contribution in [0.2, 0.25) is 0 Å². The maximum atomic E-state index is 9.17. The van der Waals surface area contributed by atoms with Gasteiger partial charge in [-0.05, 0) is 45.6 Å². The largest absolute Gasteiger partial charge is 0.248 e. The zero-order chi connectivity index (χ0) is 13.9. The lowest BCUT2D eigenvalue weighted by Gasteiger charge is -2.07. The molecule has 0 bridgehead atoms. The molecule has 0 fully saturated rings. The van der Waals surface area contributed by atoms with Crippen LogP contribution in [0.5, 0.6) is 0 Å². The molecule has 0 aliphatic carbocycles. The van der Waals surface area contributed by atoms with Gasteiger partial charge in [0.15, 0.2) is 0 Å². The molecule has 0 N–H and O–H groups in total. The van der Waals surface area contributed by atoms with Crippen LogP contribution in [0.1, 0.15) is 5.56 Å². The average Bonchev–Trinajstić information content (AvgIpc) is 2.50. The van der Waals surface area contributed by atoms with Gasteiger partial charge in [0.25, 0.3) is 0 Å². The minimum absolute atomic E-state index is 0.703. The SMILES string of the molecule is N#Cc1ccc(Sc2ccc(Br)cn2)c2ccccc12. The van der Waals surface area contributed by atoms with Gasteiger partial charge in [0, 0.05) is 21.0 Å². The molecule has 0 amide bonds. The Bertz CT molecular complexity index is 807. The van der Waals surface area contributed by atoms with Crippen molar-refractivity contribution in [1.29, 1.82) is 5.26 Å². The third-order valence-corrected chi connectivity index (χ3v) is 4.41. The molecular weight excluding hydrogens is 332 g/mol. The zero-order valence-corrected chi connectivity index (χ0v) is 12.8. The molecule has 0 unspecified atom stereocenters. The molecule has 0 saturated carbocycles. The second kappa shape index (κ2) is 5.66. The van der Waals surface area contributed by atoms with Crippen molar-refractivity contribution in [1.82, 2.24) is 4.98 Å². The van der Waals surface area contributed by atoms with Gasteiger partial charge < -0.3 is 0 Å². The quantitative estimate of drug-likeness (QED) is 0.657. The van der Waals surface area contributed by atoms with Crippen LogP contribution in [0.25, 0.3) is 10.8 Å². The van der Waals surface area contributed by atoms with Crippen molar-refractivity contribution in [2.75, 3.05) is 0 Å². The number of halogens is 1. The Balaban J connectivity index is 2.09. The predicted molar refractivity (Wildman–Crippen MR) is 84.7 cm³/mol. The van der Waals surface area contributed by atoms with Crippen LogP contribution in [0.3, 0.4) is 0 Å². The summed E-state index contributed by atoms with van der Waals surface area (Å²) in [7, 11) is 0. The molecule has 2 nitrogen and oxygen atoms in total. The van der Waals surface area contributed by atoms with E-state index >= 15 is 0 Å². The Morgan fingerprint density at radius 2 is 1.80 bits per heavy atom. The van der Waals surface area contributed by atoms with E-state index in [-0.39, 0.29) is 0 Å². The number of pyridine rings is 1. The molecule has 3 aromatic rings. The first kappa shape index (κ1) is 13.2. The highest BCUT2D eigenvalue weighted by molar-refractivity contribution is 9.10. The van der Waals surface area contributed by atoms with Crippen molar-refractivity contribution in [3.05, 3.63) is 64.8 Å². The highest BCUT2D eigenvalue weighted by Crippen LogP contribution is 2.34. The highest BCUT2D eigenvalue weighted by Gasteiger charge is 2.07. The van der Waals surface area contributed by atoms with E-state index in [1.807, 2.05) is 48.5 Å². The maximum absolute atomic E-state index is 9.17. The second-order valence-electron chi connectivity index (χ2n) is 4.19. The number of rotatable bonds is 2. The van der Waals surface area contributed by atoms with E-state index in [0.717, 1.165) is 25.2 Å². The van der Waals surface area contributed by atoms with Gasteiger partial charge in [0.2, 0.25) is 0 Å².